The molecule has 4 rings (SSSR count). The van der Waals surface area contributed by atoms with Gasteiger partial charge in [-0.05, 0) is 96.0 Å². The molecule has 0 radical (unpaired) electrons. The smallest absolute Gasteiger partial charge is 0.446 e. The predicted octanol–water partition coefficient (Wildman–Crippen LogP) is 6.93. The number of amides is 1. The molecule has 208 valence electrons. The predicted molar refractivity (Wildman–Crippen MR) is 144 cm³/mol. The molecule has 0 aliphatic heterocycles. The molecule has 0 saturated carbocycles. The first-order valence-electron chi connectivity index (χ1n) is 11.4. The van der Waals surface area contributed by atoms with E-state index in [2.05, 4.69) is 5.32 Å². The van der Waals surface area contributed by atoms with E-state index in [9.17, 15) is 40.4 Å². The first kappa shape index (κ1) is 28.9. The van der Waals surface area contributed by atoms with Crippen LogP contribution in [-0.4, -0.2) is 29.5 Å². The summed E-state index contributed by atoms with van der Waals surface area (Å²) in [5.41, 5.74) is -2.98. The number of benzene rings is 4. The van der Waals surface area contributed by atoms with E-state index in [0.717, 1.165) is 47.5 Å². The van der Waals surface area contributed by atoms with Crippen LogP contribution in [0.3, 0.4) is 0 Å². The van der Waals surface area contributed by atoms with E-state index in [0.29, 0.717) is 10.7 Å². The van der Waals surface area contributed by atoms with E-state index in [1.165, 1.54) is 18.2 Å². The highest BCUT2D eigenvalue weighted by atomic mass is 32.2. The van der Waals surface area contributed by atoms with Gasteiger partial charge in [0.05, 0.1) is 5.69 Å². The summed E-state index contributed by atoms with van der Waals surface area (Å²) in [6.45, 7) is 0. The second-order valence-electron chi connectivity index (χ2n) is 8.44. The quantitative estimate of drug-likeness (QED) is 0.0887. The standard InChI is InChI=1S/C27H20F4N2O5S2/c28-20-7-10-22(11-8-20)33(40(36,37)38)24-16-21(9-14-25(24)34)32-26(35)19-5-1-17(2-6-19)15-18-3-12-23(13-4-18)39-27(29,30)31/h1-14,16,34H,15H2,(H,32,35)(H,36,37,38). The minimum atomic E-state index is -4.96. The molecule has 4 aromatic carbocycles. The number of aromatic hydroxyl groups is 1. The maximum Gasteiger partial charge on any atom is 0.446 e. The van der Waals surface area contributed by atoms with Gasteiger partial charge in [-0.3, -0.25) is 9.35 Å². The Balaban J connectivity index is 1.48. The molecule has 0 bridgehead atoms. The van der Waals surface area contributed by atoms with Gasteiger partial charge in [0.1, 0.15) is 17.3 Å². The third-order valence-corrected chi connectivity index (χ3v) is 7.13. The van der Waals surface area contributed by atoms with Gasteiger partial charge >= 0.3 is 15.8 Å². The molecule has 0 fully saturated rings. The Bertz CT molecular complexity index is 1610. The van der Waals surface area contributed by atoms with E-state index >= 15 is 0 Å². The van der Waals surface area contributed by atoms with Gasteiger partial charge in [-0.25, -0.2) is 8.70 Å². The van der Waals surface area contributed by atoms with Crippen molar-refractivity contribution in [2.45, 2.75) is 16.8 Å². The Kier molecular flexibility index (Phi) is 8.37. The lowest BCUT2D eigenvalue weighted by atomic mass is 10.0. The van der Waals surface area contributed by atoms with Crippen LogP contribution in [0, 0.1) is 5.82 Å². The van der Waals surface area contributed by atoms with E-state index in [1.54, 1.807) is 36.4 Å². The molecule has 0 atom stereocenters. The van der Waals surface area contributed by atoms with Crippen molar-refractivity contribution in [3.05, 3.63) is 114 Å². The lowest BCUT2D eigenvalue weighted by molar-refractivity contribution is -0.0328. The summed E-state index contributed by atoms with van der Waals surface area (Å²) in [6.07, 6.45) is 0.426. The van der Waals surface area contributed by atoms with Crippen molar-refractivity contribution >= 4 is 45.0 Å². The summed E-state index contributed by atoms with van der Waals surface area (Å²) in [7, 11) is -4.96. The zero-order chi connectivity index (χ0) is 29.1. The number of phenols is 1. The van der Waals surface area contributed by atoms with Crippen LogP contribution in [-0.2, 0) is 16.7 Å². The number of nitrogens with zero attached hydrogens (tertiary/aromatic N) is 1. The van der Waals surface area contributed by atoms with E-state index in [1.807, 2.05) is 0 Å². The van der Waals surface area contributed by atoms with Crippen LogP contribution in [0.2, 0.25) is 0 Å². The highest BCUT2D eigenvalue weighted by Gasteiger charge is 2.29. The maximum absolute atomic E-state index is 13.3. The van der Waals surface area contributed by atoms with Crippen LogP contribution in [0.4, 0.5) is 34.6 Å². The average molecular weight is 593 g/mol. The molecule has 0 unspecified atom stereocenters. The SMILES string of the molecule is O=C(Nc1ccc(O)c(N(c2ccc(F)cc2)S(=O)(=O)O)c1)c1ccc(Cc2ccc(SC(F)(F)F)cc2)cc1. The number of anilines is 3. The van der Waals surface area contributed by atoms with E-state index in [4.69, 9.17) is 0 Å². The molecular formula is C27H20F4N2O5S2. The number of alkyl halides is 3. The summed E-state index contributed by atoms with van der Waals surface area (Å²) >= 11 is -0.192. The lowest BCUT2D eigenvalue weighted by Crippen LogP contribution is -2.25. The second-order valence-corrected chi connectivity index (χ2v) is 10.8. The van der Waals surface area contributed by atoms with Gasteiger partial charge in [-0.15, -0.1) is 0 Å². The van der Waals surface area contributed by atoms with Crippen molar-refractivity contribution < 1.29 is 40.4 Å². The third kappa shape index (κ3) is 7.52. The molecule has 0 saturated heterocycles. The van der Waals surface area contributed by atoms with Crippen molar-refractivity contribution in [2.75, 3.05) is 9.62 Å². The van der Waals surface area contributed by atoms with Crippen molar-refractivity contribution in [1.29, 1.82) is 0 Å². The van der Waals surface area contributed by atoms with E-state index < -0.39 is 33.3 Å². The van der Waals surface area contributed by atoms with Crippen LogP contribution >= 0.6 is 11.8 Å². The number of thioether (sulfide) groups is 1. The Morgan fingerprint density at radius 1 is 0.875 bits per heavy atom. The Hall–Kier alpha value is -4.07. The minimum Gasteiger partial charge on any atom is -0.506 e. The summed E-state index contributed by atoms with van der Waals surface area (Å²) in [6, 6.07) is 20.1. The number of carbonyl (C=O) groups is 1. The molecule has 0 heterocycles. The van der Waals surface area contributed by atoms with Crippen LogP contribution in [0.5, 0.6) is 5.75 Å². The average Bonchev–Trinajstić information content (AvgIpc) is 2.87. The van der Waals surface area contributed by atoms with Gasteiger partial charge in [-0.2, -0.15) is 21.6 Å². The van der Waals surface area contributed by atoms with E-state index in [-0.39, 0.29) is 39.3 Å². The molecule has 3 N–H and O–H groups in total. The zero-order valence-electron chi connectivity index (χ0n) is 20.3. The molecule has 0 aliphatic carbocycles. The largest absolute Gasteiger partial charge is 0.506 e. The molecule has 13 heteroatoms. The fourth-order valence-corrected chi connectivity index (χ4v) is 5.08. The number of halogens is 4. The number of hydrogen-bond donors (Lipinski definition) is 3. The first-order chi connectivity index (χ1) is 18.8. The van der Waals surface area contributed by atoms with Gasteiger partial charge in [0.15, 0.2) is 0 Å². The number of nitrogens with one attached hydrogen (secondary N) is 1. The monoisotopic (exact) mass is 592 g/mol. The van der Waals surface area contributed by atoms with Crippen LogP contribution in [0.1, 0.15) is 21.5 Å². The van der Waals surface area contributed by atoms with Gasteiger partial charge < -0.3 is 10.4 Å². The number of phenolic OH excluding ortho intramolecular Hbond substituents is 1. The fourth-order valence-electron chi connectivity index (χ4n) is 3.76. The van der Waals surface area contributed by atoms with Crippen molar-refractivity contribution in [3.8, 4) is 5.75 Å². The van der Waals surface area contributed by atoms with Gasteiger partial charge in [0.2, 0.25) is 0 Å². The second kappa shape index (κ2) is 11.6. The normalized spacial score (nSPS) is 11.7. The molecule has 0 spiro atoms. The molecule has 1 amide bonds. The molecule has 40 heavy (non-hydrogen) atoms. The van der Waals surface area contributed by atoms with Gasteiger partial charge in [0.25, 0.3) is 5.91 Å². The Morgan fingerprint density at radius 3 is 2.00 bits per heavy atom. The molecule has 0 aliphatic rings. The Morgan fingerprint density at radius 2 is 1.45 bits per heavy atom. The highest BCUT2D eigenvalue weighted by Crippen LogP contribution is 2.38. The molecule has 4 aromatic rings. The Labute approximate surface area is 231 Å². The topological polar surface area (TPSA) is 107 Å². The van der Waals surface area contributed by atoms with Crippen LogP contribution < -0.4 is 9.62 Å². The third-order valence-electron chi connectivity index (χ3n) is 5.53. The first-order valence-corrected chi connectivity index (χ1v) is 13.6. The van der Waals surface area contributed by atoms with Crippen molar-refractivity contribution in [3.63, 3.8) is 0 Å². The molecular weight excluding hydrogens is 572 g/mol. The van der Waals surface area contributed by atoms with Gasteiger partial charge in [-0.1, -0.05) is 24.3 Å². The van der Waals surface area contributed by atoms with Crippen LogP contribution in [0.25, 0.3) is 0 Å². The van der Waals surface area contributed by atoms with Crippen molar-refractivity contribution in [2.24, 2.45) is 0 Å². The summed E-state index contributed by atoms with van der Waals surface area (Å²) in [5, 5.41) is 12.9. The van der Waals surface area contributed by atoms with Crippen molar-refractivity contribution in [1.82, 2.24) is 0 Å². The van der Waals surface area contributed by atoms with Crippen LogP contribution in [0.15, 0.2) is 95.9 Å². The number of rotatable bonds is 8. The molecule has 0 aromatic heterocycles. The summed E-state index contributed by atoms with van der Waals surface area (Å²) in [5.74, 6) is -1.74. The number of hydrogen-bond acceptors (Lipinski definition) is 5. The maximum atomic E-state index is 13.3. The lowest BCUT2D eigenvalue weighted by Gasteiger charge is -2.22. The fraction of sp³-hybridized carbons (Fsp3) is 0.0741. The number of carbonyl (C=O) groups excluding carboxylic acids is 1. The summed E-state index contributed by atoms with van der Waals surface area (Å²) in [4.78, 5) is 12.9. The van der Waals surface area contributed by atoms with Gasteiger partial charge in [0, 0.05) is 16.1 Å². The zero-order valence-corrected chi connectivity index (χ0v) is 21.9. The molecule has 7 nitrogen and oxygen atoms in total. The minimum absolute atomic E-state index is 0.0815. The highest BCUT2D eigenvalue weighted by molar-refractivity contribution is 8.00. The summed E-state index contributed by atoms with van der Waals surface area (Å²) < 4.78 is 85.2.